The van der Waals surface area contributed by atoms with E-state index >= 15 is 0 Å². The standard InChI is InChI=1S/C25H40N4/c1-4-26-15-11-24-27-22-9-5-6-10-23(22)29(24)21-12-16-28(17-13-21)19-20-8-7-14-25(2,3)18-20/h5-6,9-10,20-21,26H,4,7-8,11-19H2,1-3H3. The first-order valence-corrected chi connectivity index (χ1v) is 11.9. The number of aromatic nitrogens is 2. The summed E-state index contributed by atoms with van der Waals surface area (Å²) in [5, 5.41) is 3.47. The van der Waals surface area contributed by atoms with E-state index in [1.54, 1.807) is 0 Å². The van der Waals surface area contributed by atoms with Crippen molar-refractivity contribution in [1.29, 1.82) is 0 Å². The molecule has 1 aromatic carbocycles. The van der Waals surface area contributed by atoms with Gasteiger partial charge in [0.2, 0.25) is 0 Å². The maximum atomic E-state index is 5.00. The Balaban J connectivity index is 1.41. The minimum atomic E-state index is 0.554. The predicted molar refractivity (Wildman–Crippen MR) is 122 cm³/mol. The second-order valence-electron chi connectivity index (χ2n) is 10.1. The summed E-state index contributed by atoms with van der Waals surface area (Å²) in [7, 11) is 0. The van der Waals surface area contributed by atoms with E-state index in [4.69, 9.17) is 4.98 Å². The van der Waals surface area contributed by atoms with Crippen LogP contribution in [0.5, 0.6) is 0 Å². The largest absolute Gasteiger partial charge is 0.325 e. The Bertz CT molecular complexity index is 785. The van der Waals surface area contributed by atoms with Crippen LogP contribution < -0.4 is 5.32 Å². The highest BCUT2D eigenvalue weighted by Gasteiger charge is 2.31. The summed E-state index contributed by atoms with van der Waals surface area (Å²) in [6, 6.07) is 9.30. The molecule has 1 aliphatic heterocycles. The molecule has 2 fully saturated rings. The van der Waals surface area contributed by atoms with E-state index in [2.05, 4.69) is 59.8 Å². The van der Waals surface area contributed by atoms with Gasteiger partial charge in [0.1, 0.15) is 5.82 Å². The highest BCUT2D eigenvalue weighted by Crippen LogP contribution is 2.39. The number of para-hydroxylation sites is 2. The molecule has 4 rings (SSSR count). The quantitative estimate of drug-likeness (QED) is 0.666. The average molecular weight is 397 g/mol. The van der Waals surface area contributed by atoms with Gasteiger partial charge >= 0.3 is 0 Å². The van der Waals surface area contributed by atoms with E-state index in [-0.39, 0.29) is 0 Å². The summed E-state index contributed by atoms with van der Waals surface area (Å²) in [6.45, 7) is 12.9. The van der Waals surface area contributed by atoms with Crippen LogP contribution in [-0.4, -0.2) is 47.2 Å². The van der Waals surface area contributed by atoms with Crippen molar-refractivity contribution in [1.82, 2.24) is 19.8 Å². The highest BCUT2D eigenvalue weighted by molar-refractivity contribution is 5.76. The second-order valence-corrected chi connectivity index (χ2v) is 10.1. The van der Waals surface area contributed by atoms with Crippen LogP contribution in [0.15, 0.2) is 24.3 Å². The molecule has 2 aliphatic rings. The molecule has 1 unspecified atom stereocenters. The topological polar surface area (TPSA) is 33.1 Å². The van der Waals surface area contributed by atoms with Gasteiger partial charge in [-0.05, 0) is 62.1 Å². The molecule has 29 heavy (non-hydrogen) atoms. The van der Waals surface area contributed by atoms with Crippen molar-refractivity contribution in [3.05, 3.63) is 30.1 Å². The Kier molecular flexibility index (Phi) is 6.60. The summed E-state index contributed by atoms with van der Waals surface area (Å²) < 4.78 is 2.58. The van der Waals surface area contributed by atoms with Gasteiger partial charge < -0.3 is 14.8 Å². The third kappa shape index (κ3) is 5.03. The van der Waals surface area contributed by atoms with E-state index in [1.807, 2.05) is 0 Å². The zero-order chi connectivity index (χ0) is 20.3. The first-order chi connectivity index (χ1) is 14.1. The fraction of sp³-hybridized carbons (Fsp3) is 0.720. The van der Waals surface area contributed by atoms with Crippen molar-refractivity contribution >= 4 is 11.0 Å². The van der Waals surface area contributed by atoms with Crippen LogP contribution in [0.1, 0.15) is 71.2 Å². The second kappa shape index (κ2) is 9.18. The molecule has 1 atom stereocenters. The first-order valence-electron chi connectivity index (χ1n) is 11.9. The summed E-state index contributed by atoms with van der Waals surface area (Å²) in [5.74, 6) is 2.17. The number of piperidine rings is 1. The average Bonchev–Trinajstić information content (AvgIpc) is 3.06. The molecular weight excluding hydrogens is 356 g/mol. The van der Waals surface area contributed by atoms with Crippen LogP contribution >= 0.6 is 0 Å². The van der Waals surface area contributed by atoms with Crippen molar-refractivity contribution < 1.29 is 0 Å². The monoisotopic (exact) mass is 396 g/mol. The number of nitrogens with one attached hydrogen (secondary N) is 1. The Morgan fingerprint density at radius 2 is 1.93 bits per heavy atom. The molecule has 2 heterocycles. The number of imidazole rings is 1. The van der Waals surface area contributed by atoms with Gasteiger partial charge in [-0.2, -0.15) is 0 Å². The Labute approximate surface area is 177 Å². The zero-order valence-corrected chi connectivity index (χ0v) is 18.8. The van der Waals surface area contributed by atoms with Crippen LogP contribution in [0, 0.1) is 11.3 Å². The molecule has 1 N–H and O–H groups in total. The minimum absolute atomic E-state index is 0.554. The fourth-order valence-corrected chi connectivity index (χ4v) is 5.79. The SMILES string of the molecule is CCNCCc1nc2ccccc2n1C1CCN(CC2CCCC(C)(C)C2)CC1. The predicted octanol–water partition coefficient (Wildman–Crippen LogP) is 5.04. The molecule has 0 radical (unpaired) electrons. The molecule has 1 aliphatic carbocycles. The van der Waals surface area contributed by atoms with Gasteiger partial charge in [0.05, 0.1) is 11.0 Å². The van der Waals surface area contributed by atoms with Crippen LogP contribution in [0.3, 0.4) is 0 Å². The van der Waals surface area contributed by atoms with E-state index in [0.29, 0.717) is 11.5 Å². The normalized spacial score (nSPS) is 23.6. The third-order valence-corrected chi connectivity index (χ3v) is 7.19. The highest BCUT2D eigenvalue weighted by atomic mass is 15.2. The minimum Gasteiger partial charge on any atom is -0.325 e. The Hall–Kier alpha value is -1.39. The molecule has 1 aromatic heterocycles. The number of rotatable bonds is 7. The van der Waals surface area contributed by atoms with Gasteiger partial charge in [-0.1, -0.05) is 39.3 Å². The maximum Gasteiger partial charge on any atom is 0.111 e. The number of benzene rings is 1. The molecule has 0 amide bonds. The van der Waals surface area contributed by atoms with Crippen molar-refractivity contribution in [2.75, 3.05) is 32.7 Å². The van der Waals surface area contributed by atoms with Crippen molar-refractivity contribution in [2.45, 2.75) is 71.8 Å². The van der Waals surface area contributed by atoms with E-state index < -0.39 is 0 Å². The van der Waals surface area contributed by atoms with Gasteiger partial charge in [0.15, 0.2) is 0 Å². The fourth-order valence-electron chi connectivity index (χ4n) is 5.79. The van der Waals surface area contributed by atoms with Gasteiger partial charge in [-0.3, -0.25) is 0 Å². The summed E-state index contributed by atoms with van der Waals surface area (Å²) in [6.07, 6.45) is 9.20. The molecule has 1 saturated carbocycles. The number of likely N-dealkylation sites (N-methyl/N-ethyl adjacent to an activating group) is 1. The lowest BCUT2D eigenvalue weighted by Crippen LogP contribution is -2.40. The van der Waals surface area contributed by atoms with E-state index in [1.165, 1.54) is 69.5 Å². The maximum absolute atomic E-state index is 5.00. The smallest absolute Gasteiger partial charge is 0.111 e. The van der Waals surface area contributed by atoms with Crippen molar-refractivity contribution in [3.63, 3.8) is 0 Å². The number of fused-ring (bicyclic) bond motifs is 1. The zero-order valence-electron chi connectivity index (χ0n) is 18.8. The van der Waals surface area contributed by atoms with Crippen molar-refractivity contribution in [2.24, 2.45) is 11.3 Å². The molecule has 4 nitrogen and oxygen atoms in total. The Morgan fingerprint density at radius 1 is 1.14 bits per heavy atom. The van der Waals surface area contributed by atoms with Gasteiger partial charge in [-0.25, -0.2) is 4.98 Å². The van der Waals surface area contributed by atoms with Crippen LogP contribution in [-0.2, 0) is 6.42 Å². The van der Waals surface area contributed by atoms with Crippen molar-refractivity contribution in [3.8, 4) is 0 Å². The molecule has 160 valence electrons. The van der Waals surface area contributed by atoms with Crippen LogP contribution in [0.4, 0.5) is 0 Å². The van der Waals surface area contributed by atoms with E-state index in [0.717, 1.165) is 30.9 Å². The number of hydrogen-bond donors (Lipinski definition) is 1. The molecular formula is C25H40N4. The third-order valence-electron chi connectivity index (χ3n) is 7.19. The summed E-state index contributed by atoms with van der Waals surface area (Å²) in [5.41, 5.74) is 3.04. The van der Waals surface area contributed by atoms with Gasteiger partial charge in [0.25, 0.3) is 0 Å². The first kappa shape index (κ1) is 20.9. The Morgan fingerprint density at radius 3 is 2.69 bits per heavy atom. The molecule has 0 bridgehead atoms. The van der Waals surface area contributed by atoms with Crippen LogP contribution in [0.25, 0.3) is 11.0 Å². The van der Waals surface area contributed by atoms with Crippen LogP contribution in [0.2, 0.25) is 0 Å². The molecule has 1 saturated heterocycles. The number of likely N-dealkylation sites (tertiary alicyclic amines) is 1. The number of nitrogens with zero attached hydrogens (tertiary/aromatic N) is 3. The number of hydrogen-bond acceptors (Lipinski definition) is 3. The van der Waals surface area contributed by atoms with Gasteiger partial charge in [-0.15, -0.1) is 0 Å². The molecule has 4 heteroatoms. The lowest BCUT2D eigenvalue weighted by Gasteiger charge is -2.40. The lowest BCUT2D eigenvalue weighted by molar-refractivity contribution is 0.109. The van der Waals surface area contributed by atoms with E-state index in [9.17, 15) is 0 Å². The lowest BCUT2D eigenvalue weighted by atomic mass is 9.72. The molecule has 2 aromatic rings. The summed E-state index contributed by atoms with van der Waals surface area (Å²) >= 11 is 0. The summed E-state index contributed by atoms with van der Waals surface area (Å²) in [4.78, 5) is 7.75. The van der Waals surface area contributed by atoms with Gasteiger partial charge in [0, 0.05) is 38.6 Å². The molecule has 0 spiro atoms.